The number of nitrogens with one attached hydrogen (secondary N) is 2. The molecule has 0 atom stereocenters. The number of benzene rings is 2. The van der Waals surface area contributed by atoms with Crippen LogP contribution in [-0.2, 0) is 0 Å². The van der Waals surface area contributed by atoms with Crippen molar-refractivity contribution in [2.45, 2.75) is 0 Å². The maximum absolute atomic E-state index is 10.8. The van der Waals surface area contributed by atoms with Gasteiger partial charge in [-0.15, -0.1) is 0 Å². The van der Waals surface area contributed by atoms with Crippen LogP contribution >= 0.6 is 0 Å². The molecule has 0 fully saturated rings. The van der Waals surface area contributed by atoms with Crippen molar-refractivity contribution >= 4 is 63.1 Å². The zero-order valence-electron chi connectivity index (χ0n) is 12.8. The molecular formula is C18H14AlN2O2Sn. The number of para-hydroxylation sites is 2. The average molecular weight is 436 g/mol. The number of rotatable bonds is 0. The standard InChI is InChI=1S/2C9H7NO.Al.Sn/c2*11-9-6-5-7-3-1-2-4-8(7)10-9;;/h2*1-6H,(H,10,11);;. The van der Waals surface area contributed by atoms with Crippen LogP contribution in [-0.4, -0.2) is 51.2 Å². The molecule has 115 valence electrons. The Hall–Kier alpha value is -1.81. The fourth-order valence-corrected chi connectivity index (χ4v) is 2.19. The number of H-pyrrole nitrogens is 2. The summed E-state index contributed by atoms with van der Waals surface area (Å²) in [5.41, 5.74) is 1.67. The van der Waals surface area contributed by atoms with Gasteiger partial charge in [0, 0.05) is 64.4 Å². The molecule has 0 saturated carbocycles. The van der Waals surface area contributed by atoms with Crippen LogP contribution in [0.5, 0.6) is 0 Å². The van der Waals surface area contributed by atoms with Crippen LogP contribution in [0.4, 0.5) is 0 Å². The molecule has 4 nitrogen and oxygen atoms in total. The predicted molar refractivity (Wildman–Crippen MR) is 101 cm³/mol. The summed E-state index contributed by atoms with van der Waals surface area (Å²) in [7, 11) is 0. The molecule has 2 heterocycles. The predicted octanol–water partition coefficient (Wildman–Crippen LogP) is 2.29. The summed E-state index contributed by atoms with van der Waals surface area (Å²) in [6, 6.07) is 22.1. The van der Waals surface area contributed by atoms with Gasteiger partial charge in [0.05, 0.1) is 0 Å². The second-order valence-electron chi connectivity index (χ2n) is 4.82. The molecule has 0 amide bonds. The summed E-state index contributed by atoms with van der Waals surface area (Å²) in [5, 5.41) is 2.12. The van der Waals surface area contributed by atoms with Crippen molar-refractivity contribution < 1.29 is 0 Å². The van der Waals surface area contributed by atoms with Crippen molar-refractivity contribution in [2.75, 3.05) is 0 Å². The van der Waals surface area contributed by atoms with E-state index in [9.17, 15) is 9.59 Å². The quantitative estimate of drug-likeness (QED) is 0.416. The van der Waals surface area contributed by atoms with Crippen LogP contribution < -0.4 is 11.1 Å². The minimum absolute atomic E-state index is 0. The molecule has 0 bridgehead atoms. The fourth-order valence-electron chi connectivity index (χ4n) is 2.19. The average Bonchev–Trinajstić information content (AvgIpc) is 2.55. The van der Waals surface area contributed by atoms with Crippen LogP contribution in [0.2, 0.25) is 0 Å². The third-order valence-electron chi connectivity index (χ3n) is 3.27. The van der Waals surface area contributed by atoms with Gasteiger partial charge in [-0.05, 0) is 35.0 Å². The molecule has 0 aliphatic heterocycles. The molecule has 6 heteroatoms. The molecule has 2 aromatic heterocycles. The number of fused-ring (bicyclic) bond motifs is 2. The Morgan fingerprint density at radius 1 is 0.542 bits per heavy atom. The summed E-state index contributed by atoms with van der Waals surface area (Å²) in [5.74, 6) is 0. The van der Waals surface area contributed by atoms with E-state index in [4.69, 9.17) is 0 Å². The molecule has 0 unspecified atom stereocenters. The van der Waals surface area contributed by atoms with E-state index >= 15 is 0 Å². The van der Waals surface area contributed by atoms with E-state index < -0.39 is 0 Å². The molecule has 7 radical (unpaired) electrons. The molecule has 0 saturated heterocycles. The third kappa shape index (κ3) is 5.10. The smallest absolute Gasteiger partial charge is 0.248 e. The Kier molecular flexibility index (Phi) is 7.99. The van der Waals surface area contributed by atoms with Gasteiger partial charge in [-0.2, -0.15) is 0 Å². The van der Waals surface area contributed by atoms with Crippen LogP contribution in [0.3, 0.4) is 0 Å². The van der Waals surface area contributed by atoms with Crippen LogP contribution in [0.15, 0.2) is 82.4 Å². The first-order valence-corrected chi connectivity index (χ1v) is 6.88. The van der Waals surface area contributed by atoms with Gasteiger partial charge in [-0.25, -0.2) is 0 Å². The monoisotopic (exact) mass is 437 g/mol. The minimum atomic E-state index is -0.0521. The Balaban J connectivity index is 0.000000222. The third-order valence-corrected chi connectivity index (χ3v) is 3.27. The van der Waals surface area contributed by atoms with E-state index in [1.54, 1.807) is 0 Å². The SMILES string of the molecule is O=c1ccc2ccccc2[nH]1.O=c1ccc2ccccc2[nH]1.[Al].[Sn]. The number of pyridine rings is 2. The Bertz CT molecular complexity index is 958. The molecule has 24 heavy (non-hydrogen) atoms. The van der Waals surface area contributed by atoms with Crippen molar-refractivity contribution in [1.29, 1.82) is 0 Å². The summed E-state index contributed by atoms with van der Waals surface area (Å²) in [6.07, 6.45) is 0. The summed E-state index contributed by atoms with van der Waals surface area (Å²) < 4.78 is 0. The first-order valence-electron chi connectivity index (χ1n) is 6.88. The fraction of sp³-hybridized carbons (Fsp3) is 0. The first-order chi connectivity index (χ1) is 10.7. The van der Waals surface area contributed by atoms with Gasteiger partial charge in [0.2, 0.25) is 11.1 Å². The molecule has 0 spiro atoms. The van der Waals surface area contributed by atoms with Crippen molar-refractivity contribution in [3.63, 3.8) is 0 Å². The van der Waals surface area contributed by atoms with Gasteiger partial charge in [0.25, 0.3) is 0 Å². The van der Waals surface area contributed by atoms with Gasteiger partial charge in [-0.3, -0.25) is 9.59 Å². The van der Waals surface area contributed by atoms with Crippen molar-refractivity contribution in [1.82, 2.24) is 9.97 Å². The number of hydrogen-bond acceptors (Lipinski definition) is 2. The van der Waals surface area contributed by atoms with E-state index in [0.29, 0.717) is 0 Å². The zero-order chi connectivity index (χ0) is 15.4. The van der Waals surface area contributed by atoms with E-state index in [0.717, 1.165) is 21.8 Å². The van der Waals surface area contributed by atoms with E-state index in [1.807, 2.05) is 60.7 Å². The molecule has 2 N–H and O–H groups in total. The van der Waals surface area contributed by atoms with Crippen molar-refractivity contribution in [3.8, 4) is 0 Å². The maximum Gasteiger partial charge on any atom is 0.248 e. The summed E-state index contributed by atoms with van der Waals surface area (Å²) in [6.45, 7) is 0. The number of aromatic amines is 2. The Labute approximate surface area is 166 Å². The molecule has 2 aromatic carbocycles. The van der Waals surface area contributed by atoms with Crippen LogP contribution in [0.1, 0.15) is 0 Å². The van der Waals surface area contributed by atoms with Crippen LogP contribution in [0, 0.1) is 0 Å². The molecule has 4 aromatic rings. The van der Waals surface area contributed by atoms with Gasteiger partial charge in [0.15, 0.2) is 0 Å². The van der Waals surface area contributed by atoms with E-state index in [2.05, 4.69) is 9.97 Å². The zero-order valence-corrected chi connectivity index (χ0v) is 16.8. The topological polar surface area (TPSA) is 65.7 Å². The van der Waals surface area contributed by atoms with Gasteiger partial charge >= 0.3 is 0 Å². The molecule has 4 rings (SSSR count). The Morgan fingerprint density at radius 3 is 1.33 bits per heavy atom. The Morgan fingerprint density at radius 2 is 0.917 bits per heavy atom. The van der Waals surface area contributed by atoms with Crippen LogP contribution in [0.25, 0.3) is 21.8 Å². The summed E-state index contributed by atoms with van der Waals surface area (Å²) in [4.78, 5) is 27.1. The molecular weight excluding hydrogens is 422 g/mol. The molecule has 0 aliphatic rings. The van der Waals surface area contributed by atoms with Gasteiger partial charge in [-0.1, -0.05) is 36.4 Å². The first kappa shape index (κ1) is 20.2. The second-order valence-corrected chi connectivity index (χ2v) is 4.82. The largest absolute Gasteiger partial charge is 0.322 e. The van der Waals surface area contributed by atoms with E-state index in [1.165, 1.54) is 12.1 Å². The van der Waals surface area contributed by atoms with Crippen molar-refractivity contribution in [3.05, 3.63) is 93.5 Å². The minimum Gasteiger partial charge on any atom is -0.322 e. The molecule has 0 aliphatic carbocycles. The maximum atomic E-state index is 10.8. The second kappa shape index (κ2) is 9.48. The normalized spacial score (nSPS) is 9.33. The van der Waals surface area contributed by atoms with Crippen molar-refractivity contribution in [2.24, 2.45) is 0 Å². The van der Waals surface area contributed by atoms with E-state index in [-0.39, 0.29) is 52.4 Å². The number of aromatic nitrogens is 2. The number of hydrogen-bond donors (Lipinski definition) is 2. The van der Waals surface area contributed by atoms with Gasteiger partial charge in [0.1, 0.15) is 0 Å². The van der Waals surface area contributed by atoms with Gasteiger partial charge < -0.3 is 9.97 Å². The summed E-state index contributed by atoms with van der Waals surface area (Å²) >= 11 is 0.